The van der Waals surface area contributed by atoms with Gasteiger partial charge in [-0.2, -0.15) is 0 Å². The van der Waals surface area contributed by atoms with Crippen molar-refractivity contribution >= 4 is 24.0 Å². The average molecular weight is 829 g/mol. The summed E-state index contributed by atoms with van der Waals surface area (Å²) in [5.74, 6) is 2.44. The average Bonchev–Trinajstić information content (AvgIpc) is 4.05. The molecule has 4 amide bonds. The number of fused-ring (bicyclic) bond motifs is 2. The fraction of sp³-hybridized carbons (Fsp3) is 0.488. The Labute approximate surface area is 349 Å². The van der Waals surface area contributed by atoms with Crippen molar-refractivity contribution in [3.63, 3.8) is 0 Å². The Hall–Kier alpha value is -5.94. The zero-order valence-corrected chi connectivity index (χ0v) is 35.5. The van der Waals surface area contributed by atoms with Crippen molar-refractivity contribution in [1.29, 1.82) is 0 Å². The predicted molar refractivity (Wildman–Crippen MR) is 221 cm³/mol. The number of nitrogens with one attached hydrogen (secondary N) is 5. The molecule has 60 heavy (non-hydrogen) atoms. The molecule has 4 aromatic rings. The summed E-state index contributed by atoms with van der Waals surface area (Å²) in [7, 11) is 5.47. The number of imidazole rings is 2. The molecule has 0 spiro atoms. The molecular formula is C43H56N8O9. The number of unbranched alkanes of at least 4 members (excludes halogenated alkanes) is 1. The number of benzene rings is 2. The number of rotatable bonds is 16. The lowest BCUT2D eigenvalue weighted by atomic mass is 9.75. The predicted octanol–water partition coefficient (Wildman–Crippen LogP) is 5.52. The number of likely N-dealkylation sites (tertiary alicyclic amines) is 1. The Morgan fingerprint density at radius 3 is 2.20 bits per heavy atom. The normalized spacial score (nSPS) is 17.3. The molecule has 6 rings (SSSR count). The summed E-state index contributed by atoms with van der Waals surface area (Å²) in [6.45, 7) is 8.76. The third-order valence-corrected chi connectivity index (χ3v) is 11.5. The summed E-state index contributed by atoms with van der Waals surface area (Å²) in [6.07, 6.45) is 4.82. The Kier molecular flexibility index (Phi) is 13.8. The molecule has 0 aliphatic carbocycles. The monoisotopic (exact) mass is 828 g/mol. The maximum Gasteiger partial charge on any atom is 0.407 e. The van der Waals surface area contributed by atoms with E-state index in [-0.39, 0.29) is 23.3 Å². The van der Waals surface area contributed by atoms with Gasteiger partial charge in [-0.25, -0.2) is 19.6 Å². The van der Waals surface area contributed by atoms with E-state index < -0.39 is 36.5 Å². The maximum absolute atomic E-state index is 13.7. The third-order valence-electron chi connectivity index (χ3n) is 11.5. The number of nitrogens with zero attached hydrogens (tertiary/aromatic N) is 3. The standard InChI is InChI=1S/C43H56N8O9/c1-24(56-5)36(49-41(54)58-7)39(52)44-18-10-9-13-35-45-22-30(47-35)27-14-16-28-34(21-27)60-33-17-15-26(20-29(33)43(28,3)4)31-23-46-38(48-31)32-12-11-19-51(32)40(53)37(25(2)57-6)50-42(55)59-8/h14-17,20-25,32,36-37H,9-13,18-19H2,1-8H3,(H,44,52)(H,45,47)(H,46,48)(H,49,54)(H,50,55)/t24-,25-,32+,36?,37+/m1/s1. The highest BCUT2D eigenvalue weighted by molar-refractivity contribution is 5.87. The van der Waals surface area contributed by atoms with Crippen molar-refractivity contribution in [3.05, 3.63) is 71.6 Å². The zero-order chi connectivity index (χ0) is 43.1. The first-order chi connectivity index (χ1) is 28.8. The minimum absolute atomic E-state index is 0.256. The number of aryl methyl sites for hydroxylation is 1. The minimum Gasteiger partial charge on any atom is -0.457 e. The van der Waals surface area contributed by atoms with Gasteiger partial charge in [-0.1, -0.05) is 26.0 Å². The molecule has 2 aromatic carbocycles. The van der Waals surface area contributed by atoms with Crippen LogP contribution in [0.4, 0.5) is 9.59 Å². The number of aromatic amines is 2. The van der Waals surface area contributed by atoms with Gasteiger partial charge in [0, 0.05) is 61.4 Å². The maximum atomic E-state index is 13.7. The second-order valence-corrected chi connectivity index (χ2v) is 15.6. The minimum atomic E-state index is -0.911. The van der Waals surface area contributed by atoms with Crippen LogP contribution in [0.3, 0.4) is 0 Å². The highest BCUT2D eigenvalue weighted by atomic mass is 16.5. The molecule has 5 N–H and O–H groups in total. The fourth-order valence-electron chi connectivity index (χ4n) is 7.77. The van der Waals surface area contributed by atoms with Gasteiger partial charge >= 0.3 is 12.2 Å². The van der Waals surface area contributed by atoms with E-state index in [0.29, 0.717) is 31.8 Å². The van der Waals surface area contributed by atoms with Crippen molar-refractivity contribution in [3.8, 4) is 34.0 Å². The van der Waals surface area contributed by atoms with Crippen LogP contribution in [0, 0.1) is 0 Å². The summed E-state index contributed by atoms with van der Waals surface area (Å²) >= 11 is 0. The van der Waals surface area contributed by atoms with Gasteiger partial charge in [-0.05, 0) is 63.8 Å². The van der Waals surface area contributed by atoms with E-state index >= 15 is 0 Å². The molecule has 0 radical (unpaired) electrons. The first-order valence-electron chi connectivity index (χ1n) is 20.2. The number of amides is 4. The van der Waals surface area contributed by atoms with Crippen LogP contribution in [0.2, 0.25) is 0 Å². The van der Waals surface area contributed by atoms with Crippen molar-refractivity contribution in [1.82, 2.24) is 40.8 Å². The van der Waals surface area contributed by atoms with Crippen LogP contribution in [0.25, 0.3) is 22.5 Å². The molecule has 1 saturated heterocycles. The molecule has 1 unspecified atom stereocenters. The lowest BCUT2D eigenvalue weighted by Gasteiger charge is -2.35. The van der Waals surface area contributed by atoms with Gasteiger partial charge in [0.15, 0.2) is 0 Å². The van der Waals surface area contributed by atoms with Gasteiger partial charge in [0.25, 0.3) is 0 Å². The molecule has 1 fully saturated rings. The summed E-state index contributed by atoms with van der Waals surface area (Å²) in [4.78, 5) is 68.2. The molecule has 17 nitrogen and oxygen atoms in total. The van der Waals surface area contributed by atoms with Crippen LogP contribution in [0.5, 0.6) is 11.5 Å². The van der Waals surface area contributed by atoms with Gasteiger partial charge < -0.3 is 54.5 Å². The van der Waals surface area contributed by atoms with Crippen molar-refractivity contribution in [2.24, 2.45) is 0 Å². The third kappa shape index (κ3) is 9.42. The molecular weight excluding hydrogens is 773 g/mol. The highest BCUT2D eigenvalue weighted by Crippen LogP contribution is 2.49. The molecule has 2 aliphatic heterocycles. The largest absolute Gasteiger partial charge is 0.457 e. The van der Waals surface area contributed by atoms with Gasteiger partial charge in [0.05, 0.1) is 56.3 Å². The Bertz CT molecular complexity index is 2170. The summed E-state index contributed by atoms with van der Waals surface area (Å²) in [5, 5.41) is 8.01. The summed E-state index contributed by atoms with van der Waals surface area (Å²) in [5.41, 5.74) is 5.26. The van der Waals surface area contributed by atoms with Gasteiger partial charge in [-0.3, -0.25) is 9.59 Å². The molecule has 0 bridgehead atoms. The van der Waals surface area contributed by atoms with Gasteiger partial charge in [0.2, 0.25) is 11.8 Å². The van der Waals surface area contributed by atoms with E-state index in [1.54, 1.807) is 24.9 Å². The number of carbonyl (C=O) groups is 4. The van der Waals surface area contributed by atoms with E-state index in [1.807, 2.05) is 24.4 Å². The van der Waals surface area contributed by atoms with E-state index in [0.717, 1.165) is 70.2 Å². The van der Waals surface area contributed by atoms with Crippen LogP contribution < -0.4 is 20.7 Å². The van der Waals surface area contributed by atoms with Crippen LogP contribution in [0.1, 0.15) is 82.2 Å². The molecule has 17 heteroatoms. The number of alkyl carbamates (subject to hydrolysis) is 2. The smallest absolute Gasteiger partial charge is 0.407 e. The number of carbonyl (C=O) groups excluding carboxylic acids is 4. The zero-order valence-electron chi connectivity index (χ0n) is 35.5. The Morgan fingerprint density at radius 2 is 1.48 bits per heavy atom. The Balaban J connectivity index is 1.09. The number of hydrogen-bond acceptors (Lipinski definition) is 11. The van der Waals surface area contributed by atoms with Crippen molar-refractivity contribution < 1.29 is 42.9 Å². The SMILES string of the molecule is COC(=O)NC(C(=O)NCCCCc1ncc(-c2ccc3c(c2)Oc2ccc(-c4cnc([C@@H]5CCCN5C(=O)[C@@H](NC(=O)OC)[C@@H](C)OC)[nH]4)cc2C3(C)C)[nH]1)[C@@H](C)OC. The molecule has 2 aliphatic rings. The summed E-state index contributed by atoms with van der Waals surface area (Å²) in [6, 6.07) is 10.2. The molecule has 4 heterocycles. The molecule has 0 saturated carbocycles. The van der Waals surface area contributed by atoms with Crippen LogP contribution in [0.15, 0.2) is 48.8 Å². The van der Waals surface area contributed by atoms with Crippen LogP contribution in [-0.2, 0) is 40.4 Å². The number of H-pyrrole nitrogens is 2. The topological polar surface area (TPSA) is 211 Å². The van der Waals surface area contributed by atoms with E-state index in [2.05, 4.69) is 67.7 Å². The van der Waals surface area contributed by atoms with Crippen molar-refractivity contribution in [2.75, 3.05) is 41.5 Å². The van der Waals surface area contributed by atoms with E-state index in [1.165, 1.54) is 28.4 Å². The Morgan fingerprint density at radius 1 is 0.833 bits per heavy atom. The molecule has 322 valence electrons. The number of aromatic nitrogens is 4. The fourth-order valence-corrected chi connectivity index (χ4v) is 7.77. The van der Waals surface area contributed by atoms with Crippen molar-refractivity contribution in [2.45, 2.75) is 95.5 Å². The van der Waals surface area contributed by atoms with Gasteiger partial charge in [-0.15, -0.1) is 0 Å². The van der Waals surface area contributed by atoms with Crippen LogP contribution >= 0.6 is 0 Å². The second-order valence-electron chi connectivity index (χ2n) is 15.6. The van der Waals surface area contributed by atoms with E-state index in [9.17, 15) is 19.2 Å². The lowest BCUT2D eigenvalue weighted by molar-refractivity contribution is -0.137. The second kappa shape index (κ2) is 19.0. The molecule has 5 atom stereocenters. The number of hydrogen-bond donors (Lipinski definition) is 5. The number of ether oxygens (including phenoxy) is 5. The summed E-state index contributed by atoms with van der Waals surface area (Å²) < 4.78 is 26.6. The number of methoxy groups -OCH3 is 4. The quantitative estimate of drug-likeness (QED) is 0.0888. The first-order valence-corrected chi connectivity index (χ1v) is 20.2. The molecule has 2 aromatic heterocycles. The lowest BCUT2D eigenvalue weighted by Crippen LogP contribution is -2.54. The van der Waals surface area contributed by atoms with E-state index in [4.69, 9.17) is 23.9 Å². The van der Waals surface area contributed by atoms with Crippen LogP contribution in [-0.4, -0.2) is 115 Å². The first kappa shape index (κ1) is 43.6. The van der Waals surface area contributed by atoms with Gasteiger partial charge in [0.1, 0.15) is 35.2 Å². The highest BCUT2D eigenvalue weighted by Gasteiger charge is 2.39.